The molecule has 0 bridgehead atoms. The second kappa shape index (κ2) is 11.9. The van der Waals surface area contributed by atoms with Crippen LogP contribution < -0.4 is 28.4 Å². The van der Waals surface area contributed by atoms with Gasteiger partial charge in [-0.25, -0.2) is 0 Å². The molecule has 0 amide bonds. The molecule has 0 aromatic heterocycles. The van der Waals surface area contributed by atoms with Crippen LogP contribution in [0.2, 0.25) is 0 Å². The first-order valence-corrected chi connectivity index (χ1v) is 17.0. The van der Waals surface area contributed by atoms with Gasteiger partial charge in [0.2, 0.25) is 0 Å². The van der Waals surface area contributed by atoms with Crippen molar-refractivity contribution < 1.29 is 38.6 Å². The van der Waals surface area contributed by atoms with Gasteiger partial charge in [0.05, 0.1) is 42.7 Å². The summed E-state index contributed by atoms with van der Waals surface area (Å²) in [7, 11) is 14.0. The van der Waals surface area contributed by atoms with Crippen LogP contribution in [0.15, 0.2) is 24.3 Å². The zero-order valence-electron chi connectivity index (χ0n) is 29.9. The number of likely N-dealkylation sites (N-methyl/N-ethyl adjacent to an activating group) is 2. The third-order valence-corrected chi connectivity index (χ3v) is 11.6. The number of ether oxygens (including phenoxy) is 6. The third-order valence-electron chi connectivity index (χ3n) is 11.6. The van der Waals surface area contributed by atoms with Gasteiger partial charge in [-0.05, 0) is 109 Å². The maximum atomic E-state index is 12.0. The summed E-state index contributed by atoms with van der Waals surface area (Å²) in [4.78, 5) is 4.76. The van der Waals surface area contributed by atoms with Crippen molar-refractivity contribution in [3.63, 3.8) is 0 Å². The average molecular weight is 681 g/mol. The second-order valence-corrected chi connectivity index (χ2v) is 13.7. The molecule has 2 aliphatic carbocycles. The molecule has 2 aliphatic heterocycles. The Hall–Kier alpha value is -4.80. The van der Waals surface area contributed by atoms with Crippen LogP contribution in [0.3, 0.4) is 0 Å². The molecule has 10 nitrogen and oxygen atoms in total. The Kier molecular flexibility index (Phi) is 7.72. The molecule has 0 radical (unpaired) electrons. The van der Waals surface area contributed by atoms with Crippen molar-refractivity contribution >= 4 is 0 Å². The van der Waals surface area contributed by atoms with E-state index in [0.29, 0.717) is 58.5 Å². The van der Waals surface area contributed by atoms with Crippen molar-refractivity contribution in [2.75, 3.05) is 69.8 Å². The summed E-state index contributed by atoms with van der Waals surface area (Å²) in [6.07, 6.45) is 3.00. The Balaban J connectivity index is 1.51. The van der Waals surface area contributed by atoms with E-state index in [1.807, 2.05) is 12.1 Å². The minimum atomic E-state index is 0.0413. The summed E-state index contributed by atoms with van der Waals surface area (Å²) in [5, 5.41) is 24.1. The summed E-state index contributed by atoms with van der Waals surface area (Å²) in [5.41, 5.74) is 11.4. The zero-order valence-corrected chi connectivity index (χ0v) is 29.9. The molecule has 2 N–H and O–H groups in total. The van der Waals surface area contributed by atoms with E-state index >= 15 is 0 Å². The van der Waals surface area contributed by atoms with Crippen molar-refractivity contribution in [2.45, 2.75) is 37.8 Å². The Morgan fingerprint density at radius 1 is 0.520 bits per heavy atom. The van der Waals surface area contributed by atoms with Gasteiger partial charge in [-0.2, -0.15) is 0 Å². The molecule has 4 aliphatic rings. The van der Waals surface area contributed by atoms with E-state index in [9.17, 15) is 10.2 Å². The molecule has 4 aromatic rings. The van der Waals surface area contributed by atoms with Crippen molar-refractivity contribution in [1.29, 1.82) is 0 Å². The number of hydrogen-bond donors (Lipinski definition) is 2. The Labute approximate surface area is 292 Å². The number of fused-ring (bicyclic) bond motifs is 4. The first-order valence-electron chi connectivity index (χ1n) is 17.0. The van der Waals surface area contributed by atoms with E-state index in [1.165, 1.54) is 11.1 Å². The predicted octanol–water partition coefficient (Wildman–Crippen LogP) is 6.32. The van der Waals surface area contributed by atoms with Crippen molar-refractivity contribution in [3.05, 3.63) is 57.6 Å². The Morgan fingerprint density at radius 3 is 1.24 bits per heavy atom. The van der Waals surface area contributed by atoms with Gasteiger partial charge >= 0.3 is 0 Å². The standard InChI is InChI=1S/C40H44N2O8/c1-41-11-9-19-13-29(47-5)39(49-7)35-31(19)25(41)15-23-21(17-27(45-3)37(43)33(23)35)22-18-28(46-4)38(44)34-24(22)16-26-32-20(10-12-42(26)2)14-30(48-6)40(50-8)36(32)34/h13-14,17-18,25-26,43-44H,9-12,15-16H2,1-8H3/t25-,26-/m0/s1. The van der Waals surface area contributed by atoms with Crippen LogP contribution in [0.25, 0.3) is 33.4 Å². The van der Waals surface area contributed by atoms with Gasteiger partial charge in [0.1, 0.15) is 0 Å². The number of methoxy groups -OCH3 is 6. The van der Waals surface area contributed by atoms with Crippen molar-refractivity contribution in [1.82, 2.24) is 9.80 Å². The molecule has 0 saturated heterocycles. The largest absolute Gasteiger partial charge is 0.504 e. The summed E-state index contributed by atoms with van der Waals surface area (Å²) < 4.78 is 35.7. The van der Waals surface area contributed by atoms with Gasteiger partial charge in [0.15, 0.2) is 46.0 Å². The van der Waals surface area contributed by atoms with Gasteiger partial charge in [0, 0.05) is 47.4 Å². The van der Waals surface area contributed by atoms with Crippen LogP contribution in [0.5, 0.6) is 46.0 Å². The van der Waals surface area contributed by atoms with Crippen LogP contribution in [0, 0.1) is 0 Å². The fraction of sp³-hybridized carbons (Fsp3) is 0.400. The smallest absolute Gasteiger partial charge is 0.169 e. The van der Waals surface area contributed by atoms with Gasteiger partial charge in [-0.15, -0.1) is 0 Å². The minimum absolute atomic E-state index is 0.0413. The topological polar surface area (TPSA) is 102 Å². The number of phenolic OH excluding ortho intramolecular Hbond substituents is 2. The molecule has 2 atom stereocenters. The quantitative estimate of drug-likeness (QED) is 0.231. The zero-order chi connectivity index (χ0) is 35.2. The van der Waals surface area contributed by atoms with Gasteiger partial charge in [-0.1, -0.05) is 0 Å². The predicted molar refractivity (Wildman–Crippen MR) is 191 cm³/mol. The number of hydrogen-bond acceptors (Lipinski definition) is 10. The summed E-state index contributed by atoms with van der Waals surface area (Å²) in [6.45, 7) is 1.77. The van der Waals surface area contributed by atoms with Crippen LogP contribution in [0.1, 0.15) is 45.5 Å². The highest BCUT2D eigenvalue weighted by molar-refractivity contribution is 5.97. The lowest BCUT2D eigenvalue weighted by Crippen LogP contribution is -2.36. The minimum Gasteiger partial charge on any atom is -0.504 e. The highest BCUT2D eigenvalue weighted by Gasteiger charge is 2.43. The monoisotopic (exact) mass is 680 g/mol. The lowest BCUT2D eigenvalue weighted by molar-refractivity contribution is 0.226. The lowest BCUT2D eigenvalue weighted by atomic mass is 9.71. The number of benzene rings is 4. The maximum Gasteiger partial charge on any atom is 0.169 e. The second-order valence-electron chi connectivity index (χ2n) is 13.7. The summed E-state index contributed by atoms with van der Waals surface area (Å²) in [6, 6.07) is 8.09. The van der Waals surface area contributed by atoms with Gasteiger partial charge < -0.3 is 38.6 Å². The van der Waals surface area contributed by atoms with E-state index < -0.39 is 0 Å². The molecular formula is C40H44N2O8. The van der Waals surface area contributed by atoms with E-state index in [-0.39, 0.29) is 23.6 Å². The van der Waals surface area contributed by atoms with Crippen molar-refractivity contribution in [3.8, 4) is 79.4 Å². The fourth-order valence-corrected chi connectivity index (χ4v) is 9.17. The molecule has 0 fully saturated rings. The molecule has 10 heteroatoms. The molecule has 2 heterocycles. The molecular weight excluding hydrogens is 636 g/mol. The molecule has 8 rings (SSSR count). The van der Waals surface area contributed by atoms with Crippen molar-refractivity contribution in [2.24, 2.45) is 0 Å². The molecule has 0 saturated carbocycles. The van der Waals surface area contributed by atoms with Crippen LogP contribution in [0.4, 0.5) is 0 Å². The number of rotatable bonds is 7. The first kappa shape index (κ1) is 32.4. The SMILES string of the molecule is COc1cc(-c2cc(OC)c(O)c3c2C[C@H]2c4c(cc(OC)c(OC)c4-3)CCN2C)c2c(c1O)-c1c(OC)c(OC)cc3c1[C@H](C2)N(C)CC3. The molecule has 50 heavy (non-hydrogen) atoms. The van der Waals surface area contributed by atoms with Gasteiger partial charge in [0.25, 0.3) is 0 Å². The lowest BCUT2D eigenvalue weighted by Gasteiger charge is -2.42. The van der Waals surface area contributed by atoms with Crippen LogP contribution >= 0.6 is 0 Å². The normalized spacial score (nSPS) is 18.7. The number of aromatic hydroxyl groups is 2. The first-order chi connectivity index (χ1) is 24.2. The fourth-order valence-electron chi connectivity index (χ4n) is 9.17. The third kappa shape index (κ3) is 4.34. The maximum absolute atomic E-state index is 12.0. The summed E-state index contributed by atoms with van der Waals surface area (Å²) >= 11 is 0. The molecule has 0 unspecified atom stereocenters. The Morgan fingerprint density at radius 2 is 0.900 bits per heavy atom. The number of phenols is 2. The highest BCUT2D eigenvalue weighted by Crippen LogP contribution is 2.62. The van der Waals surface area contributed by atoms with E-state index in [1.54, 1.807) is 42.7 Å². The highest BCUT2D eigenvalue weighted by atomic mass is 16.5. The Bertz CT molecular complexity index is 1930. The summed E-state index contributed by atoms with van der Waals surface area (Å²) in [5.74, 6) is 3.20. The average Bonchev–Trinajstić information content (AvgIpc) is 3.13. The van der Waals surface area contributed by atoms with E-state index in [0.717, 1.165) is 70.4 Å². The molecule has 262 valence electrons. The number of nitrogens with zero attached hydrogens (tertiary/aromatic N) is 2. The molecule has 0 spiro atoms. The van der Waals surface area contributed by atoms with E-state index in [2.05, 4.69) is 36.0 Å². The van der Waals surface area contributed by atoms with E-state index in [4.69, 9.17) is 28.4 Å². The van der Waals surface area contributed by atoms with Crippen LogP contribution in [-0.4, -0.2) is 89.9 Å². The van der Waals surface area contributed by atoms with Crippen LogP contribution in [-0.2, 0) is 25.7 Å². The van der Waals surface area contributed by atoms with Gasteiger partial charge in [-0.3, -0.25) is 9.80 Å². The molecule has 4 aromatic carbocycles.